The molecule has 28 heavy (non-hydrogen) atoms. The number of halogens is 2. The normalized spacial score (nSPS) is 10.8. The van der Waals surface area contributed by atoms with E-state index in [1.165, 1.54) is 0 Å². The number of aromatic nitrogens is 1. The zero-order valence-electron chi connectivity index (χ0n) is 15.8. The summed E-state index contributed by atoms with van der Waals surface area (Å²) in [4.78, 5) is 31.1. The summed E-state index contributed by atoms with van der Waals surface area (Å²) in [6.45, 7) is 5.71. The van der Waals surface area contributed by atoms with Gasteiger partial charge in [0.05, 0.1) is 21.7 Å². The van der Waals surface area contributed by atoms with Crippen molar-refractivity contribution in [1.29, 1.82) is 0 Å². The van der Waals surface area contributed by atoms with Gasteiger partial charge >= 0.3 is 0 Å². The summed E-state index contributed by atoms with van der Waals surface area (Å²) in [6.07, 6.45) is 0. The molecule has 2 aromatic carbocycles. The van der Waals surface area contributed by atoms with Crippen LogP contribution in [0.4, 0.5) is 5.69 Å². The van der Waals surface area contributed by atoms with E-state index in [-0.39, 0.29) is 16.9 Å². The number of aromatic amines is 1. The number of pyridine rings is 1. The number of benzene rings is 2. The van der Waals surface area contributed by atoms with Gasteiger partial charge in [0.15, 0.2) is 0 Å². The first-order valence-electron chi connectivity index (χ1n) is 8.81. The molecule has 0 unspecified atom stereocenters. The molecule has 0 saturated carbocycles. The highest BCUT2D eigenvalue weighted by atomic mass is 79.9. The van der Waals surface area contributed by atoms with E-state index in [0.717, 1.165) is 11.1 Å². The van der Waals surface area contributed by atoms with E-state index in [1.54, 1.807) is 24.8 Å². The Bertz CT molecular complexity index is 1070. The fourth-order valence-corrected chi connectivity index (χ4v) is 3.85. The minimum atomic E-state index is -0.389. The summed E-state index contributed by atoms with van der Waals surface area (Å²) in [5.41, 5.74) is 3.39. The number of aryl methyl sites for hydroxylation is 3. The highest BCUT2D eigenvalue weighted by Gasteiger charge is 2.27. The second-order valence-electron chi connectivity index (χ2n) is 6.68. The molecular formula is C22H20BrClN2O2. The van der Waals surface area contributed by atoms with Crippen molar-refractivity contribution in [3.8, 4) is 0 Å². The average molecular weight is 460 g/mol. The molecule has 1 aromatic heterocycles. The molecule has 1 amide bonds. The Kier molecular flexibility index (Phi) is 6.06. The summed E-state index contributed by atoms with van der Waals surface area (Å²) in [5, 5.41) is 0.463. The van der Waals surface area contributed by atoms with Gasteiger partial charge in [0.2, 0.25) is 5.43 Å². The highest BCUT2D eigenvalue weighted by molar-refractivity contribution is 9.10. The first-order chi connectivity index (χ1) is 13.3. The van der Waals surface area contributed by atoms with Gasteiger partial charge in [0.25, 0.3) is 5.91 Å². The third kappa shape index (κ3) is 3.91. The number of nitrogens with zero attached hydrogens (tertiary/aromatic N) is 1. The average Bonchev–Trinajstić information content (AvgIpc) is 2.66. The summed E-state index contributed by atoms with van der Waals surface area (Å²) in [7, 11) is 0. The lowest BCUT2D eigenvalue weighted by Gasteiger charge is -2.26. The molecule has 0 radical (unpaired) electrons. The quantitative estimate of drug-likeness (QED) is 0.555. The van der Waals surface area contributed by atoms with Crippen LogP contribution in [0.2, 0.25) is 5.02 Å². The van der Waals surface area contributed by atoms with Crippen LogP contribution in [0.25, 0.3) is 0 Å². The van der Waals surface area contributed by atoms with Gasteiger partial charge in [-0.15, -0.1) is 0 Å². The maximum atomic E-state index is 13.6. The molecule has 0 fully saturated rings. The molecule has 144 valence electrons. The zero-order chi connectivity index (χ0) is 20.4. The number of carbonyl (C=O) groups excluding carboxylic acids is 1. The standard InChI is InChI=1S/C22H20BrClN2O2/c1-13-8-7-11-17(24)20(13)26(12-16-9-5-4-6-10-16)22(28)18-14(2)25-15(3)19(23)21(18)27/h4-11H,12H2,1-3H3,(H,25,27). The molecule has 0 saturated heterocycles. The molecule has 3 rings (SSSR count). The summed E-state index contributed by atoms with van der Waals surface area (Å²) < 4.78 is 0.358. The van der Waals surface area contributed by atoms with Crippen LogP contribution in [-0.4, -0.2) is 10.9 Å². The number of hydrogen-bond acceptors (Lipinski definition) is 2. The molecular weight excluding hydrogens is 440 g/mol. The molecule has 6 heteroatoms. The smallest absolute Gasteiger partial charge is 0.264 e. The molecule has 3 aromatic rings. The number of para-hydroxylation sites is 1. The topological polar surface area (TPSA) is 53.2 Å². The predicted molar refractivity (Wildman–Crippen MR) is 117 cm³/mol. The van der Waals surface area contributed by atoms with E-state index < -0.39 is 0 Å². The van der Waals surface area contributed by atoms with Gasteiger partial charge in [-0.05, 0) is 53.9 Å². The maximum Gasteiger partial charge on any atom is 0.264 e. The van der Waals surface area contributed by atoms with Gasteiger partial charge in [0.1, 0.15) is 5.56 Å². The van der Waals surface area contributed by atoms with Crippen LogP contribution >= 0.6 is 27.5 Å². The maximum absolute atomic E-state index is 13.6. The lowest BCUT2D eigenvalue weighted by molar-refractivity contribution is 0.0983. The summed E-state index contributed by atoms with van der Waals surface area (Å²) in [6, 6.07) is 15.1. The molecule has 1 N–H and O–H groups in total. The van der Waals surface area contributed by atoms with Crippen molar-refractivity contribution < 1.29 is 4.79 Å². The second kappa shape index (κ2) is 8.33. The Hall–Kier alpha value is -2.37. The molecule has 0 aliphatic heterocycles. The fourth-order valence-electron chi connectivity index (χ4n) is 3.22. The zero-order valence-corrected chi connectivity index (χ0v) is 18.2. The Labute approximate surface area is 177 Å². The van der Waals surface area contributed by atoms with Crippen molar-refractivity contribution in [2.24, 2.45) is 0 Å². The van der Waals surface area contributed by atoms with Gasteiger partial charge in [-0.2, -0.15) is 0 Å². The van der Waals surface area contributed by atoms with Crippen LogP contribution < -0.4 is 10.3 Å². The molecule has 0 aliphatic rings. The highest BCUT2D eigenvalue weighted by Crippen LogP contribution is 2.32. The number of hydrogen-bond donors (Lipinski definition) is 1. The minimum Gasteiger partial charge on any atom is -0.361 e. The molecule has 0 aliphatic carbocycles. The van der Waals surface area contributed by atoms with Gasteiger partial charge in [-0.3, -0.25) is 9.59 Å². The van der Waals surface area contributed by atoms with Crippen molar-refractivity contribution >= 4 is 39.1 Å². The third-order valence-corrected chi connectivity index (χ3v) is 5.87. The number of carbonyl (C=O) groups is 1. The number of nitrogens with one attached hydrogen (secondary N) is 1. The lowest BCUT2D eigenvalue weighted by atomic mass is 10.1. The first kappa shape index (κ1) is 20.4. The second-order valence-corrected chi connectivity index (χ2v) is 7.88. The van der Waals surface area contributed by atoms with E-state index in [0.29, 0.717) is 33.1 Å². The van der Waals surface area contributed by atoms with E-state index in [4.69, 9.17) is 11.6 Å². The van der Waals surface area contributed by atoms with Crippen molar-refractivity contribution in [2.75, 3.05) is 4.90 Å². The van der Waals surface area contributed by atoms with E-state index >= 15 is 0 Å². The van der Waals surface area contributed by atoms with Gasteiger partial charge in [0, 0.05) is 11.4 Å². The Morgan fingerprint density at radius 2 is 1.71 bits per heavy atom. The van der Waals surface area contributed by atoms with Gasteiger partial charge in [-0.25, -0.2) is 0 Å². The van der Waals surface area contributed by atoms with Crippen LogP contribution in [0.1, 0.15) is 32.9 Å². The predicted octanol–water partition coefficient (Wildman–Crippen LogP) is 5.56. The minimum absolute atomic E-state index is 0.104. The Morgan fingerprint density at radius 1 is 1.04 bits per heavy atom. The van der Waals surface area contributed by atoms with Gasteiger partial charge < -0.3 is 9.88 Å². The number of amides is 1. The van der Waals surface area contributed by atoms with Crippen LogP contribution in [-0.2, 0) is 6.54 Å². The van der Waals surface area contributed by atoms with Crippen LogP contribution in [0.5, 0.6) is 0 Å². The largest absolute Gasteiger partial charge is 0.361 e. The van der Waals surface area contributed by atoms with E-state index in [1.807, 2.05) is 49.4 Å². The van der Waals surface area contributed by atoms with Crippen LogP contribution in [0.3, 0.4) is 0 Å². The van der Waals surface area contributed by atoms with Crippen LogP contribution in [0.15, 0.2) is 57.8 Å². The SMILES string of the molecule is Cc1cccc(Cl)c1N(Cc1ccccc1)C(=O)c1c(C)[nH]c(C)c(Br)c1=O. The van der Waals surface area contributed by atoms with E-state index in [9.17, 15) is 9.59 Å². The lowest BCUT2D eigenvalue weighted by Crippen LogP contribution is -2.36. The number of rotatable bonds is 4. The molecule has 4 nitrogen and oxygen atoms in total. The summed E-state index contributed by atoms with van der Waals surface area (Å²) >= 11 is 9.76. The Balaban J connectivity index is 2.19. The number of anilines is 1. The molecule has 0 bridgehead atoms. The summed E-state index contributed by atoms with van der Waals surface area (Å²) in [5.74, 6) is -0.389. The molecule has 1 heterocycles. The Morgan fingerprint density at radius 3 is 2.36 bits per heavy atom. The molecule has 0 atom stereocenters. The number of H-pyrrole nitrogens is 1. The van der Waals surface area contributed by atoms with E-state index in [2.05, 4.69) is 20.9 Å². The monoisotopic (exact) mass is 458 g/mol. The molecule has 0 spiro atoms. The van der Waals surface area contributed by atoms with Crippen molar-refractivity contribution in [1.82, 2.24) is 4.98 Å². The van der Waals surface area contributed by atoms with Crippen molar-refractivity contribution in [3.05, 3.63) is 96.3 Å². The first-order valence-corrected chi connectivity index (χ1v) is 9.98. The fraction of sp³-hybridized carbons (Fsp3) is 0.182. The third-order valence-electron chi connectivity index (χ3n) is 4.61. The van der Waals surface area contributed by atoms with Crippen molar-refractivity contribution in [2.45, 2.75) is 27.3 Å². The van der Waals surface area contributed by atoms with Crippen LogP contribution in [0, 0.1) is 20.8 Å². The van der Waals surface area contributed by atoms with Crippen molar-refractivity contribution in [3.63, 3.8) is 0 Å². The van der Waals surface area contributed by atoms with Gasteiger partial charge in [-0.1, -0.05) is 54.1 Å².